The minimum atomic E-state index is 0.598. The van der Waals surface area contributed by atoms with Crippen LogP contribution in [0, 0.1) is 17.8 Å². The molecule has 2 saturated carbocycles. The van der Waals surface area contributed by atoms with E-state index in [1.165, 1.54) is 25.7 Å². The second kappa shape index (κ2) is 3.79. The van der Waals surface area contributed by atoms with Gasteiger partial charge in [0.2, 0.25) is 0 Å². The molecule has 0 amide bonds. The first-order valence-corrected chi connectivity index (χ1v) is 6.50. The van der Waals surface area contributed by atoms with Gasteiger partial charge >= 0.3 is 0 Å². The Labute approximate surface area is 96.4 Å². The van der Waals surface area contributed by atoms with Crippen molar-refractivity contribution in [3.8, 4) is 0 Å². The molecule has 2 bridgehead atoms. The van der Waals surface area contributed by atoms with Crippen LogP contribution in [0.2, 0.25) is 0 Å². The highest BCUT2D eigenvalue weighted by Gasteiger charge is 2.40. The predicted octanol–water partition coefficient (Wildman–Crippen LogP) is 2.80. The van der Waals surface area contributed by atoms with Crippen LogP contribution in [0.25, 0.3) is 0 Å². The molecule has 0 aliphatic heterocycles. The lowest BCUT2D eigenvalue weighted by Gasteiger charge is -2.20. The number of aromatic nitrogens is 1. The summed E-state index contributed by atoms with van der Waals surface area (Å²) in [5.41, 5.74) is 6.94. The average molecular weight is 220 g/mol. The third-order valence-electron chi connectivity index (χ3n) is 4.59. The van der Waals surface area contributed by atoms with Crippen molar-refractivity contribution < 1.29 is 4.52 Å². The molecule has 3 heteroatoms. The third-order valence-corrected chi connectivity index (χ3v) is 4.59. The van der Waals surface area contributed by atoms with E-state index in [1.807, 2.05) is 0 Å². The van der Waals surface area contributed by atoms with Crippen molar-refractivity contribution in [1.29, 1.82) is 0 Å². The molecule has 88 valence electrons. The lowest BCUT2D eigenvalue weighted by atomic mass is 9.85. The molecule has 3 unspecified atom stereocenters. The van der Waals surface area contributed by atoms with E-state index in [0.29, 0.717) is 5.82 Å². The summed E-state index contributed by atoms with van der Waals surface area (Å²) in [6.45, 7) is 2.12. The van der Waals surface area contributed by atoms with E-state index in [1.54, 1.807) is 0 Å². The first-order valence-electron chi connectivity index (χ1n) is 6.50. The SMILES string of the molecule is CCc1c(N)noc1CC1CC2CCC1C2. The molecule has 0 aromatic carbocycles. The number of hydrogen-bond donors (Lipinski definition) is 1. The van der Waals surface area contributed by atoms with Crippen molar-refractivity contribution in [2.24, 2.45) is 17.8 Å². The topological polar surface area (TPSA) is 52.0 Å². The number of hydrogen-bond acceptors (Lipinski definition) is 3. The van der Waals surface area contributed by atoms with Crippen LogP contribution >= 0.6 is 0 Å². The molecule has 0 radical (unpaired) electrons. The van der Waals surface area contributed by atoms with Crippen LogP contribution in [-0.4, -0.2) is 5.16 Å². The zero-order valence-electron chi connectivity index (χ0n) is 9.91. The van der Waals surface area contributed by atoms with E-state index in [9.17, 15) is 0 Å². The molecule has 3 atom stereocenters. The van der Waals surface area contributed by atoms with Gasteiger partial charge in [-0.25, -0.2) is 0 Å². The summed E-state index contributed by atoms with van der Waals surface area (Å²) in [5, 5.41) is 3.89. The van der Waals surface area contributed by atoms with Gasteiger partial charge in [-0.05, 0) is 43.4 Å². The molecule has 1 heterocycles. The molecule has 0 spiro atoms. The van der Waals surface area contributed by atoms with Gasteiger partial charge in [0.05, 0.1) is 0 Å². The molecule has 2 fully saturated rings. The Morgan fingerprint density at radius 1 is 1.38 bits per heavy atom. The summed E-state index contributed by atoms with van der Waals surface area (Å²) in [7, 11) is 0. The number of nitrogens with two attached hydrogens (primary N) is 1. The molecule has 2 aliphatic carbocycles. The Hall–Kier alpha value is -0.990. The second-order valence-corrected chi connectivity index (χ2v) is 5.46. The van der Waals surface area contributed by atoms with Crippen LogP contribution < -0.4 is 5.73 Å². The van der Waals surface area contributed by atoms with Gasteiger partial charge < -0.3 is 10.3 Å². The molecule has 1 aromatic heterocycles. The van der Waals surface area contributed by atoms with Crippen molar-refractivity contribution in [3.05, 3.63) is 11.3 Å². The van der Waals surface area contributed by atoms with Gasteiger partial charge in [-0.2, -0.15) is 0 Å². The highest BCUT2D eigenvalue weighted by atomic mass is 16.5. The summed E-state index contributed by atoms with van der Waals surface area (Å²) in [5.74, 6) is 4.43. The Morgan fingerprint density at radius 2 is 2.25 bits per heavy atom. The maximum atomic E-state index is 5.80. The van der Waals surface area contributed by atoms with Crippen molar-refractivity contribution in [2.75, 3.05) is 5.73 Å². The van der Waals surface area contributed by atoms with E-state index in [2.05, 4.69) is 12.1 Å². The van der Waals surface area contributed by atoms with Crippen LogP contribution in [0.4, 0.5) is 5.82 Å². The van der Waals surface area contributed by atoms with Gasteiger partial charge in [-0.1, -0.05) is 18.5 Å². The van der Waals surface area contributed by atoms with E-state index in [-0.39, 0.29) is 0 Å². The minimum Gasteiger partial charge on any atom is -0.381 e. The number of anilines is 1. The molecule has 1 aromatic rings. The monoisotopic (exact) mass is 220 g/mol. The van der Waals surface area contributed by atoms with E-state index in [4.69, 9.17) is 10.3 Å². The molecular weight excluding hydrogens is 200 g/mol. The summed E-state index contributed by atoms with van der Waals surface area (Å²) in [6, 6.07) is 0. The molecule has 2 N–H and O–H groups in total. The van der Waals surface area contributed by atoms with E-state index >= 15 is 0 Å². The van der Waals surface area contributed by atoms with Crippen molar-refractivity contribution in [3.63, 3.8) is 0 Å². The smallest absolute Gasteiger partial charge is 0.170 e. The van der Waals surface area contributed by atoms with Crippen molar-refractivity contribution in [2.45, 2.75) is 45.4 Å². The minimum absolute atomic E-state index is 0.598. The molecule has 3 rings (SSSR count). The van der Waals surface area contributed by atoms with Crippen molar-refractivity contribution >= 4 is 5.82 Å². The normalized spacial score (nSPS) is 32.4. The second-order valence-electron chi connectivity index (χ2n) is 5.46. The van der Waals surface area contributed by atoms with E-state index < -0.39 is 0 Å². The fraction of sp³-hybridized carbons (Fsp3) is 0.769. The third kappa shape index (κ3) is 1.53. The van der Waals surface area contributed by atoms with Gasteiger partial charge in [-0.3, -0.25) is 0 Å². The lowest BCUT2D eigenvalue weighted by Crippen LogP contribution is -2.13. The van der Waals surface area contributed by atoms with Gasteiger partial charge in [0.15, 0.2) is 5.82 Å². The maximum absolute atomic E-state index is 5.80. The fourth-order valence-corrected chi connectivity index (χ4v) is 3.76. The summed E-state index contributed by atoms with van der Waals surface area (Å²) >= 11 is 0. The average Bonchev–Trinajstić information content (AvgIpc) is 2.94. The highest BCUT2D eigenvalue weighted by Crippen LogP contribution is 2.49. The predicted molar refractivity (Wildman–Crippen MR) is 62.9 cm³/mol. The maximum Gasteiger partial charge on any atom is 0.170 e. The first-order chi connectivity index (χ1) is 7.78. The van der Waals surface area contributed by atoms with Crippen molar-refractivity contribution in [1.82, 2.24) is 5.16 Å². The quantitative estimate of drug-likeness (QED) is 0.852. The van der Waals surface area contributed by atoms with E-state index in [0.717, 1.165) is 41.9 Å². The molecule has 0 saturated heterocycles. The summed E-state index contributed by atoms with van der Waals surface area (Å²) < 4.78 is 5.38. The molecule has 16 heavy (non-hydrogen) atoms. The van der Waals surface area contributed by atoms with Crippen LogP contribution in [0.15, 0.2) is 4.52 Å². The number of nitrogen functional groups attached to an aromatic ring is 1. The van der Waals surface area contributed by atoms with Gasteiger partial charge in [0, 0.05) is 12.0 Å². The Balaban J connectivity index is 1.74. The number of rotatable bonds is 3. The fourth-order valence-electron chi connectivity index (χ4n) is 3.76. The Kier molecular flexibility index (Phi) is 2.41. The molecular formula is C13H20N2O. The number of fused-ring (bicyclic) bond motifs is 2. The number of nitrogens with zero attached hydrogens (tertiary/aromatic N) is 1. The zero-order chi connectivity index (χ0) is 11.1. The largest absolute Gasteiger partial charge is 0.381 e. The van der Waals surface area contributed by atoms with Gasteiger partial charge in [0.25, 0.3) is 0 Å². The Morgan fingerprint density at radius 3 is 2.88 bits per heavy atom. The molecule has 2 aliphatic rings. The lowest BCUT2D eigenvalue weighted by molar-refractivity contribution is 0.292. The summed E-state index contributed by atoms with van der Waals surface area (Å²) in [4.78, 5) is 0. The van der Waals surface area contributed by atoms with Crippen LogP contribution in [0.3, 0.4) is 0 Å². The standard InChI is InChI=1S/C13H20N2O/c1-2-11-12(16-15-13(11)14)7-10-6-8-3-4-9(10)5-8/h8-10H,2-7H2,1H3,(H2,14,15). The van der Waals surface area contributed by atoms with Crippen LogP contribution in [0.1, 0.15) is 43.9 Å². The Bertz CT molecular complexity index is 385. The van der Waals surface area contributed by atoms with Crippen LogP contribution in [0.5, 0.6) is 0 Å². The van der Waals surface area contributed by atoms with Gasteiger partial charge in [0.1, 0.15) is 5.76 Å². The molecule has 3 nitrogen and oxygen atoms in total. The zero-order valence-corrected chi connectivity index (χ0v) is 9.91. The van der Waals surface area contributed by atoms with Crippen LogP contribution in [-0.2, 0) is 12.8 Å². The highest BCUT2D eigenvalue weighted by molar-refractivity contribution is 5.40. The summed E-state index contributed by atoms with van der Waals surface area (Å²) in [6.07, 6.45) is 7.74. The van der Waals surface area contributed by atoms with Gasteiger partial charge in [-0.15, -0.1) is 0 Å². The first kappa shape index (κ1) is 10.2.